The summed E-state index contributed by atoms with van der Waals surface area (Å²) in [6, 6.07) is 8.83. The van der Waals surface area contributed by atoms with Crippen LogP contribution >= 0.6 is 27.5 Å². The van der Waals surface area contributed by atoms with Crippen molar-refractivity contribution in [3.8, 4) is 11.5 Å². The maximum Gasteiger partial charge on any atom is 0.271 e. The van der Waals surface area contributed by atoms with Crippen LogP contribution in [0.4, 0.5) is 5.69 Å². The molecule has 0 aromatic heterocycles. The van der Waals surface area contributed by atoms with Crippen LogP contribution in [-0.4, -0.2) is 10.8 Å². The van der Waals surface area contributed by atoms with Gasteiger partial charge in [-0.2, -0.15) is 0 Å². The highest BCUT2D eigenvalue weighted by molar-refractivity contribution is 9.10. The summed E-state index contributed by atoms with van der Waals surface area (Å²) in [5.41, 5.74) is 5.84. The third-order valence-corrected chi connectivity index (χ3v) is 3.54. The molecule has 0 aliphatic rings. The molecule has 0 fully saturated rings. The van der Waals surface area contributed by atoms with E-state index in [9.17, 15) is 10.1 Å². The number of hydrogen-bond donors (Lipinski definition) is 2. The van der Waals surface area contributed by atoms with E-state index in [1.54, 1.807) is 18.2 Å². The number of hydrogen-bond acceptors (Lipinski definition) is 4. The van der Waals surface area contributed by atoms with E-state index in [0.717, 1.165) is 0 Å². The highest BCUT2D eigenvalue weighted by atomic mass is 79.9. The van der Waals surface area contributed by atoms with Gasteiger partial charge in [0.25, 0.3) is 5.69 Å². The second-order valence-corrected chi connectivity index (χ2v) is 5.29. The summed E-state index contributed by atoms with van der Waals surface area (Å²) in [4.78, 5) is 10.1. The van der Waals surface area contributed by atoms with Crippen molar-refractivity contribution in [2.45, 2.75) is 0 Å². The third-order valence-electron chi connectivity index (χ3n) is 2.58. The van der Waals surface area contributed by atoms with E-state index in [4.69, 9.17) is 27.5 Å². The lowest BCUT2D eigenvalue weighted by Crippen LogP contribution is -2.11. The van der Waals surface area contributed by atoms with Crippen LogP contribution in [0.5, 0.6) is 11.5 Å². The molecule has 21 heavy (non-hydrogen) atoms. The van der Waals surface area contributed by atoms with Gasteiger partial charge in [-0.1, -0.05) is 11.6 Å². The third kappa shape index (κ3) is 3.50. The molecule has 6 nitrogen and oxygen atoms in total. The number of amidine groups is 1. The van der Waals surface area contributed by atoms with E-state index in [1.165, 1.54) is 18.2 Å². The molecule has 108 valence electrons. The summed E-state index contributed by atoms with van der Waals surface area (Å²) in [7, 11) is 0. The first-order valence-corrected chi connectivity index (χ1v) is 6.81. The predicted molar refractivity (Wildman–Crippen MR) is 83.3 cm³/mol. The van der Waals surface area contributed by atoms with Gasteiger partial charge in [-0.05, 0) is 40.2 Å². The first kappa shape index (κ1) is 15.3. The highest BCUT2D eigenvalue weighted by Crippen LogP contribution is 2.33. The molecule has 3 N–H and O–H groups in total. The van der Waals surface area contributed by atoms with Crippen LogP contribution in [0.3, 0.4) is 0 Å². The van der Waals surface area contributed by atoms with E-state index >= 15 is 0 Å². The summed E-state index contributed by atoms with van der Waals surface area (Å²) < 4.78 is 6.17. The van der Waals surface area contributed by atoms with E-state index in [-0.39, 0.29) is 16.5 Å². The van der Waals surface area contributed by atoms with Gasteiger partial charge < -0.3 is 10.5 Å². The Labute approximate surface area is 133 Å². The van der Waals surface area contributed by atoms with Gasteiger partial charge in [0.15, 0.2) is 0 Å². The number of rotatable bonds is 4. The van der Waals surface area contributed by atoms with Crippen molar-refractivity contribution in [3.63, 3.8) is 0 Å². The zero-order valence-corrected chi connectivity index (χ0v) is 12.8. The molecule has 0 amide bonds. The molecule has 0 bridgehead atoms. The van der Waals surface area contributed by atoms with Crippen molar-refractivity contribution in [3.05, 3.63) is 61.6 Å². The molecule has 0 atom stereocenters. The van der Waals surface area contributed by atoms with Crippen molar-refractivity contribution in [2.24, 2.45) is 5.73 Å². The van der Waals surface area contributed by atoms with Crippen molar-refractivity contribution < 1.29 is 9.66 Å². The monoisotopic (exact) mass is 369 g/mol. The minimum atomic E-state index is -0.534. The molecule has 0 aliphatic carbocycles. The Kier molecular flexibility index (Phi) is 4.44. The van der Waals surface area contributed by atoms with Crippen LogP contribution in [0, 0.1) is 15.5 Å². The lowest BCUT2D eigenvalue weighted by Gasteiger charge is -2.09. The molecule has 2 rings (SSSR count). The van der Waals surface area contributed by atoms with E-state index in [2.05, 4.69) is 15.9 Å². The van der Waals surface area contributed by atoms with Crippen molar-refractivity contribution in [1.29, 1.82) is 5.41 Å². The summed E-state index contributed by atoms with van der Waals surface area (Å²) in [5, 5.41) is 18.2. The maximum absolute atomic E-state index is 10.6. The van der Waals surface area contributed by atoms with E-state index in [0.29, 0.717) is 21.5 Å². The van der Waals surface area contributed by atoms with Crippen LogP contribution < -0.4 is 10.5 Å². The van der Waals surface area contributed by atoms with Crippen LogP contribution in [0.25, 0.3) is 0 Å². The molecule has 0 heterocycles. The number of nitro benzene ring substituents is 1. The minimum absolute atomic E-state index is 0.0678. The quantitative estimate of drug-likeness (QED) is 0.366. The zero-order chi connectivity index (χ0) is 15.6. The van der Waals surface area contributed by atoms with Crippen molar-refractivity contribution in [1.82, 2.24) is 0 Å². The molecule has 0 saturated carbocycles. The van der Waals surface area contributed by atoms with Gasteiger partial charge in [-0.25, -0.2) is 0 Å². The van der Waals surface area contributed by atoms with Gasteiger partial charge in [0.05, 0.1) is 9.95 Å². The average molecular weight is 371 g/mol. The molecule has 0 radical (unpaired) electrons. The van der Waals surface area contributed by atoms with Crippen LogP contribution in [0.2, 0.25) is 5.02 Å². The first-order valence-electron chi connectivity index (χ1n) is 5.64. The Bertz CT molecular complexity index is 737. The number of halogens is 2. The molecule has 2 aromatic rings. The smallest absolute Gasteiger partial charge is 0.271 e. The number of nitrogens with zero attached hydrogens (tertiary/aromatic N) is 1. The topological polar surface area (TPSA) is 102 Å². The van der Waals surface area contributed by atoms with Crippen LogP contribution in [0.15, 0.2) is 40.9 Å². The normalized spacial score (nSPS) is 10.2. The van der Waals surface area contributed by atoms with E-state index < -0.39 is 4.92 Å². The second-order valence-electron chi connectivity index (χ2n) is 4.03. The summed E-state index contributed by atoms with van der Waals surface area (Å²) in [6.07, 6.45) is 0. The predicted octanol–water partition coefficient (Wildman–Crippen LogP) is 4.09. The standard InChI is InChI=1S/C13H9BrClN3O3/c14-10-6-8(2-3-9(10)13(16)17)21-12-4-1-7(18(19)20)5-11(12)15/h1-6H,(H3,16,17). The lowest BCUT2D eigenvalue weighted by molar-refractivity contribution is -0.384. The SMILES string of the molecule is N=C(N)c1ccc(Oc2ccc([N+](=O)[O-])cc2Cl)cc1Br. The molecule has 8 heteroatoms. The Morgan fingerprint density at radius 3 is 2.57 bits per heavy atom. The Hall–Kier alpha value is -2.12. The highest BCUT2D eigenvalue weighted by Gasteiger charge is 2.12. The van der Waals surface area contributed by atoms with Gasteiger partial charge in [0.1, 0.15) is 17.3 Å². The molecule has 0 aliphatic heterocycles. The van der Waals surface area contributed by atoms with Crippen LogP contribution in [0.1, 0.15) is 5.56 Å². The molecular weight excluding hydrogens is 362 g/mol. The number of nitro groups is 1. The number of ether oxygens (including phenoxy) is 1. The molecule has 0 saturated heterocycles. The number of non-ortho nitro benzene ring substituents is 1. The van der Waals surface area contributed by atoms with Gasteiger partial charge >= 0.3 is 0 Å². The summed E-state index contributed by atoms with van der Waals surface area (Å²) in [6.45, 7) is 0. The molecular formula is C13H9BrClN3O3. The first-order chi connectivity index (χ1) is 9.88. The second kappa shape index (κ2) is 6.11. The van der Waals surface area contributed by atoms with Gasteiger partial charge in [-0.15, -0.1) is 0 Å². The average Bonchev–Trinajstić information content (AvgIpc) is 2.40. The summed E-state index contributed by atoms with van der Waals surface area (Å²) in [5.74, 6) is 0.689. The Balaban J connectivity index is 2.28. The molecule has 0 unspecified atom stereocenters. The Morgan fingerprint density at radius 1 is 1.33 bits per heavy atom. The number of nitrogens with two attached hydrogens (primary N) is 1. The Morgan fingerprint density at radius 2 is 2.05 bits per heavy atom. The van der Waals surface area contributed by atoms with Gasteiger partial charge in [-0.3, -0.25) is 15.5 Å². The fraction of sp³-hybridized carbons (Fsp3) is 0. The van der Waals surface area contributed by atoms with Crippen LogP contribution in [-0.2, 0) is 0 Å². The number of nitrogen functional groups attached to an aromatic ring is 1. The molecule has 2 aromatic carbocycles. The van der Waals surface area contributed by atoms with Gasteiger partial charge in [0.2, 0.25) is 0 Å². The van der Waals surface area contributed by atoms with E-state index in [1.807, 2.05) is 0 Å². The zero-order valence-electron chi connectivity index (χ0n) is 10.5. The lowest BCUT2D eigenvalue weighted by atomic mass is 10.2. The summed E-state index contributed by atoms with van der Waals surface area (Å²) >= 11 is 9.24. The van der Waals surface area contributed by atoms with Gasteiger partial charge in [0, 0.05) is 22.2 Å². The maximum atomic E-state index is 10.6. The number of nitrogens with one attached hydrogen (secondary N) is 1. The van der Waals surface area contributed by atoms with Crippen molar-refractivity contribution >= 4 is 39.1 Å². The number of benzene rings is 2. The molecule has 0 spiro atoms. The fourth-order valence-corrected chi connectivity index (χ4v) is 2.38. The largest absolute Gasteiger partial charge is 0.456 e. The fourth-order valence-electron chi connectivity index (χ4n) is 1.59. The minimum Gasteiger partial charge on any atom is -0.456 e. The van der Waals surface area contributed by atoms with Crippen molar-refractivity contribution in [2.75, 3.05) is 0 Å².